The summed E-state index contributed by atoms with van der Waals surface area (Å²) in [4.78, 5) is 24.6. The van der Waals surface area contributed by atoms with E-state index in [0.717, 1.165) is 16.8 Å². The van der Waals surface area contributed by atoms with Crippen LogP contribution in [0.4, 0.5) is 5.82 Å². The molecule has 0 aliphatic carbocycles. The fourth-order valence-corrected chi connectivity index (χ4v) is 3.88. The van der Waals surface area contributed by atoms with Crippen molar-refractivity contribution in [2.75, 3.05) is 5.73 Å². The molecule has 174 valence electrons. The van der Waals surface area contributed by atoms with Gasteiger partial charge in [-0.1, -0.05) is 59.8 Å². The van der Waals surface area contributed by atoms with Crippen molar-refractivity contribution in [1.82, 2.24) is 14.9 Å². The van der Waals surface area contributed by atoms with Crippen LogP contribution in [0.15, 0.2) is 65.2 Å². The predicted molar refractivity (Wildman–Crippen MR) is 129 cm³/mol. The number of nitrogens with zero attached hydrogens (tertiary/aromatic N) is 3. The van der Waals surface area contributed by atoms with Crippen LogP contribution in [0.2, 0.25) is 0 Å². The first-order valence-electron chi connectivity index (χ1n) is 11.1. The van der Waals surface area contributed by atoms with Gasteiger partial charge in [0, 0.05) is 30.5 Å². The highest BCUT2D eigenvalue weighted by molar-refractivity contribution is 6.03. The van der Waals surface area contributed by atoms with Crippen molar-refractivity contribution in [2.24, 2.45) is 5.73 Å². The third-order valence-electron chi connectivity index (χ3n) is 5.52. The smallest absolute Gasteiger partial charge is 0.254 e. The van der Waals surface area contributed by atoms with Gasteiger partial charge in [0.05, 0.1) is 12.1 Å². The largest absolute Gasteiger partial charge is 0.383 e. The minimum absolute atomic E-state index is 0.0151. The number of carbonyl (C=O) groups is 2. The second kappa shape index (κ2) is 9.74. The summed E-state index contributed by atoms with van der Waals surface area (Å²) < 4.78 is 6.93. The maximum atomic E-state index is 12.6. The van der Waals surface area contributed by atoms with Crippen molar-refractivity contribution in [3.8, 4) is 11.3 Å². The number of Topliss-reactive ketones (excluding diaryl/α,β-unsaturated/α-hetero) is 1. The standard InChI is InChI=1S/C26H27N5O3/c1-16(2)31-25(27)23(26(28)33)24(29-31)19-10-8-18(9-11-19)13-21(32)15-22-14-20(30-34-22)12-17-6-4-3-5-7-17/h3-11,14,16H,12-13,15,27H2,1-2H3,(H2,28,33). The Morgan fingerprint density at radius 1 is 1.00 bits per heavy atom. The van der Waals surface area contributed by atoms with Gasteiger partial charge in [0.15, 0.2) is 0 Å². The summed E-state index contributed by atoms with van der Waals surface area (Å²) in [6.45, 7) is 3.84. The lowest BCUT2D eigenvalue weighted by Crippen LogP contribution is -2.15. The first-order valence-corrected chi connectivity index (χ1v) is 11.1. The van der Waals surface area contributed by atoms with E-state index < -0.39 is 5.91 Å². The van der Waals surface area contributed by atoms with Gasteiger partial charge in [-0.15, -0.1) is 0 Å². The predicted octanol–water partition coefficient (Wildman–Crippen LogP) is 3.75. The van der Waals surface area contributed by atoms with Gasteiger partial charge in [-0.3, -0.25) is 9.59 Å². The van der Waals surface area contributed by atoms with E-state index in [1.807, 2.05) is 74.5 Å². The van der Waals surface area contributed by atoms with Crippen LogP contribution < -0.4 is 11.5 Å². The maximum absolute atomic E-state index is 12.6. The zero-order valence-corrected chi connectivity index (χ0v) is 19.2. The minimum atomic E-state index is -0.627. The molecule has 0 saturated heterocycles. The molecule has 0 aliphatic heterocycles. The molecule has 2 aromatic heterocycles. The lowest BCUT2D eigenvalue weighted by molar-refractivity contribution is -0.118. The summed E-state index contributed by atoms with van der Waals surface area (Å²) in [6, 6.07) is 19.1. The highest BCUT2D eigenvalue weighted by atomic mass is 16.5. The number of hydrogen-bond donors (Lipinski definition) is 2. The van der Waals surface area contributed by atoms with E-state index in [9.17, 15) is 9.59 Å². The SMILES string of the molecule is CC(C)n1nc(-c2ccc(CC(=O)Cc3cc(Cc4ccccc4)no3)cc2)c(C(N)=O)c1N. The van der Waals surface area contributed by atoms with Crippen molar-refractivity contribution < 1.29 is 14.1 Å². The molecule has 8 nitrogen and oxygen atoms in total. The third kappa shape index (κ3) is 5.06. The highest BCUT2D eigenvalue weighted by Crippen LogP contribution is 2.29. The molecule has 4 aromatic rings. The van der Waals surface area contributed by atoms with Gasteiger partial charge >= 0.3 is 0 Å². The summed E-state index contributed by atoms with van der Waals surface area (Å²) in [5.41, 5.74) is 15.8. The van der Waals surface area contributed by atoms with Crippen LogP contribution in [-0.2, 0) is 24.1 Å². The topological polar surface area (TPSA) is 130 Å². The lowest BCUT2D eigenvalue weighted by atomic mass is 10.0. The van der Waals surface area contributed by atoms with E-state index in [1.54, 1.807) is 4.68 Å². The van der Waals surface area contributed by atoms with E-state index >= 15 is 0 Å². The number of aromatic nitrogens is 3. The summed E-state index contributed by atoms with van der Waals surface area (Å²) in [5.74, 6) is 0.183. The lowest BCUT2D eigenvalue weighted by Gasteiger charge is -2.06. The monoisotopic (exact) mass is 457 g/mol. The van der Waals surface area contributed by atoms with Crippen LogP contribution in [-0.4, -0.2) is 26.6 Å². The van der Waals surface area contributed by atoms with Crippen molar-refractivity contribution in [1.29, 1.82) is 0 Å². The number of nitrogen functional groups attached to an aromatic ring is 1. The fourth-order valence-electron chi connectivity index (χ4n) is 3.88. The number of anilines is 1. The number of primary amides is 1. The number of ketones is 1. The maximum Gasteiger partial charge on any atom is 0.254 e. The van der Waals surface area contributed by atoms with E-state index in [1.165, 1.54) is 0 Å². The molecule has 2 heterocycles. The Hall–Kier alpha value is -4.20. The Morgan fingerprint density at radius 2 is 1.71 bits per heavy atom. The fraction of sp³-hybridized carbons (Fsp3) is 0.231. The number of rotatable bonds is 9. The van der Waals surface area contributed by atoms with Gasteiger partial charge in [0.2, 0.25) is 0 Å². The minimum Gasteiger partial charge on any atom is -0.383 e. The van der Waals surface area contributed by atoms with E-state index in [4.69, 9.17) is 16.0 Å². The van der Waals surface area contributed by atoms with Crippen molar-refractivity contribution >= 4 is 17.5 Å². The quantitative estimate of drug-likeness (QED) is 0.394. The van der Waals surface area contributed by atoms with E-state index in [0.29, 0.717) is 23.4 Å². The Labute approximate surface area is 197 Å². The summed E-state index contributed by atoms with van der Waals surface area (Å²) in [5, 5.41) is 8.56. The average molecular weight is 458 g/mol. The van der Waals surface area contributed by atoms with Gasteiger partial charge < -0.3 is 16.0 Å². The first-order chi connectivity index (χ1) is 16.3. The van der Waals surface area contributed by atoms with Crippen LogP contribution in [0, 0.1) is 0 Å². The van der Waals surface area contributed by atoms with Crippen LogP contribution in [0.3, 0.4) is 0 Å². The molecule has 0 unspecified atom stereocenters. The Bertz CT molecular complexity index is 1300. The second-order valence-electron chi connectivity index (χ2n) is 8.55. The van der Waals surface area contributed by atoms with Gasteiger partial charge in [-0.05, 0) is 25.0 Å². The Balaban J connectivity index is 1.42. The number of nitrogens with two attached hydrogens (primary N) is 2. The Kier molecular flexibility index (Phi) is 6.58. The molecule has 4 rings (SSSR count). The molecule has 0 aliphatic rings. The van der Waals surface area contributed by atoms with E-state index in [-0.39, 0.29) is 36.0 Å². The summed E-state index contributed by atoms with van der Waals surface area (Å²) in [7, 11) is 0. The van der Waals surface area contributed by atoms with Gasteiger partial charge in [-0.25, -0.2) is 4.68 Å². The van der Waals surface area contributed by atoms with Crippen LogP contribution >= 0.6 is 0 Å². The first kappa shape index (κ1) is 23.0. The molecular formula is C26H27N5O3. The molecule has 4 N–H and O–H groups in total. The molecule has 0 spiro atoms. The molecule has 34 heavy (non-hydrogen) atoms. The zero-order valence-electron chi connectivity index (χ0n) is 19.2. The van der Waals surface area contributed by atoms with Gasteiger partial charge in [0.1, 0.15) is 28.6 Å². The van der Waals surface area contributed by atoms with Crippen LogP contribution in [0.1, 0.15) is 52.8 Å². The molecule has 0 saturated carbocycles. The molecule has 0 radical (unpaired) electrons. The summed E-state index contributed by atoms with van der Waals surface area (Å²) in [6.07, 6.45) is 1.08. The van der Waals surface area contributed by atoms with Gasteiger partial charge in [-0.2, -0.15) is 5.10 Å². The number of carbonyl (C=O) groups excluding carboxylic acids is 2. The number of hydrogen-bond acceptors (Lipinski definition) is 6. The van der Waals surface area contributed by atoms with Crippen LogP contribution in [0.25, 0.3) is 11.3 Å². The normalized spacial score (nSPS) is 11.1. The molecule has 0 fully saturated rings. The molecular weight excluding hydrogens is 430 g/mol. The second-order valence-corrected chi connectivity index (χ2v) is 8.55. The van der Waals surface area contributed by atoms with Crippen molar-refractivity contribution in [3.63, 3.8) is 0 Å². The van der Waals surface area contributed by atoms with Crippen molar-refractivity contribution in [2.45, 2.75) is 39.2 Å². The molecule has 0 atom stereocenters. The Morgan fingerprint density at radius 3 is 2.35 bits per heavy atom. The number of benzene rings is 2. The molecule has 0 bridgehead atoms. The zero-order chi connectivity index (χ0) is 24.2. The molecule has 2 aromatic carbocycles. The average Bonchev–Trinajstić information content (AvgIpc) is 3.38. The summed E-state index contributed by atoms with van der Waals surface area (Å²) >= 11 is 0. The molecule has 8 heteroatoms. The van der Waals surface area contributed by atoms with Crippen LogP contribution in [0.5, 0.6) is 0 Å². The highest BCUT2D eigenvalue weighted by Gasteiger charge is 2.22. The van der Waals surface area contributed by atoms with Crippen molar-refractivity contribution in [3.05, 3.63) is 88.8 Å². The third-order valence-corrected chi connectivity index (χ3v) is 5.52. The van der Waals surface area contributed by atoms with Gasteiger partial charge in [0.25, 0.3) is 5.91 Å². The number of amides is 1. The van der Waals surface area contributed by atoms with E-state index in [2.05, 4.69) is 10.3 Å². The molecule has 1 amide bonds.